The van der Waals surface area contributed by atoms with Crippen LogP contribution < -0.4 is 5.32 Å². The smallest absolute Gasteiger partial charge is 0.253 e. The molecule has 2 aromatic heterocycles. The number of halogens is 1. The Kier molecular flexibility index (Phi) is 4.77. The van der Waals surface area contributed by atoms with Crippen LogP contribution in [0.25, 0.3) is 11.0 Å². The summed E-state index contributed by atoms with van der Waals surface area (Å²) in [6.07, 6.45) is 1.75. The maximum absolute atomic E-state index is 12.7. The van der Waals surface area contributed by atoms with Crippen LogP contribution in [0, 0.1) is 6.92 Å². The highest BCUT2D eigenvalue weighted by atomic mass is 35.5. The second kappa shape index (κ2) is 6.84. The van der Waals surface area contributed by atoms with E-state index in [0.717, 1.165) is 16.6 Å². The molecule has 0 aliphatic rings. The highest BCUT2D eigenvalue weighted by Gasteiger charge is 2.18. The quantitative estimate of drug-likeness (QED) is 0.750. The predicted molar refractivity (Wildman–Crippen MR) is 100.0 cm³/mol. The van der Waals surface area contributed by atoms with Crippen LogP contribution in [-0.2, 0) is 0 Å². The zero-order chi connectivity index (χ0) is 18.1. The number of nitrogens with zero attached hydrogens (tertiary/aromatic N) is 3. The third kappa shape index (κ3) is 3.37. The minimum atomic E-state index is -0.199. The Morgan fingerprint density at radius 3 is 2.64 bits per heavy atom. The summed E-state index contributed by atoms with van der Waals surface area (Å²) in [5.74, 6) is -0.170. The van der Waals surface area contributed by atoms with Gasteiger partial charge in [-0.3, -0.25) is 4.79 Å². The zero-order valence-corrected chi connectivity index (χ0v) is 15.5. The van der Waals surface area contributed by atoms with E-state index in [9.17, 15) is 4.79 Å². The lowest BCUT2D eigenvalue weighted by atomic mass is 10.1. The van der Waals surface area contributed by atoms with Crippen LogP contribution in [0.3, 0.4) is 0 Å². The van der Waals surface area contributed by atoms with Gasteiger partial charge in [-0.15, -0.1) is 0 Å². The summed E-state index contributed by atoms with van der Waals surface area (Å²) in [5, 5.41) is 8.85. The van der Waals surface area contributed by atoms with Gasteiger partial charge in [-0.1, -0.05) is 29.8 Å². The standard InChI is InChI=1S/C19H21ClN4O/c1-11(2)24-18-14(10-21-24)9-16(13(4)22-18)19(25)23-12(3)15-7-5-6-8-17(15)20/h5-12H,1-4H3,(H,23,25). The van der Waals surface area contributed by atoms with Gasteiger partial charge in [0.25, 0.3) is 5.91 Å². The number of aryl methyl sites for hydroxylation is 1. The molecule has 0 aliphatic heterocycles. The van der Waals surface area contributed by atoms with Crippen molar-refractivity contribution in [3.63, 3.8) is 0 Å². The maximum atomic E-state index is 12.7. The number of amides is 1. The first-order valence-corrected chi connectivity index (χ1v) is 8.66. The SMILES string of the molecule is Cc1nc2c(cnn2C(C)C)cc1C(=O)NC(C)c1ccccc1Cl. The summed E-state index contributed by atoms with van der Waals surface area (Å²) in [6, 6.07) is 9.36. The van der Waals surface area contributed by atoms with Gasteiger partial charge >= 0.3 is 0 Å². The largest absolute Gasteiger partial charge is 0.345 e. The van der Waals surface area contributed by atoms with Gasteiger partial charge in [-0.05, 0) is 45.4 Å². The Labute approximate surface area is 152 Å². The molecule has 25 heavy (non-hydrogen) atoms. The van der Waals surface area contributed by atoms with E-state index >= 15 is 0 Å². The molecule has 1 N–H and O–H groups in total. The summed E-state index contributed by atoms with van der Waals surface area (Å²) in [5.41, 5.74) is 2.91. The topological polar surface area (TPSA) is 59.8 Å². The normalized spacial score (nSPS) is 12.6. The molecule has 0 aliphatic carbocycles. The molecular formula is C19H21ClN4O. The minimum Gasteiger partial charge on any atom is -0.345 e. The summed E-state index contributed by atoms with van der Waals surface area (Å²) in [6.45, 7) is 7.86. The molecule has 130 valence electrons. The molecule has 3 aromatic rings. The third-order valence-corrected chi connectivity index (χ3v) is 4.56. The number of pyridine rings is 1. The van der Waals surface area contributed by atoms with E-state index in [4.69, 9.17) is 11.6 Å². The van der Waals surface area contributed by atoms with Crippen LogP contribution in [0.15, 0.2) is 36.5 Å². The second-order valence-electron chi connectivity index (χ2n) is 6.43. The molecule has 1 amide bonds. The van der Waals surface area contributed by atoms with E-state index in [1.165, 1.54) is 0 Å². The molecule has 1 atom stereocenters. The Bertz CT molecular complexity index is 932. The second-order valence-corrected chi connectivity index (χ2v) is 6.84. The Morgan fingerprint density at radius 1 is 1.24 bits per heavy atom. The predicted octanol–water partition coefficient (Wildman–Crippen LogP) is 4.47. The summed E-state index contributed by atoms with van der Waals surface area (Å²) in [7, 11) is 0. The van der Waals surface area contributed by atoms with E-state index in [2.05, 4.69) is 29.2 Å². The van der Waals surface area contributed by atoms with E-state index in [1.807, 2.05) is 48.9 Å². The molecule has 1 aromatic carbocycles. The molecule has 0 bridgehead atoms. The maximum Gasteiger partial charge on any atom is 0.253 e. The Balaban J connectivity index is 1.90. The van der Waals surface area contributed by atoms with Crippen molar-refractivity contribution in [2.24, 2.45) is 0 Å². The summed E-state index contributed by atoms with van der Waals surface area (Å²) in [4.78, 5) is 17.3. The van der Waals surface area contributed by atoms with Crippen molar-refractivity contribution in [3.8, 4) is 0 Å². The number of nitrogens with one attached hydrogen (secondary N) is 1. The highest BCUT2D eigenvalue weighted by Crippen LogP contribution is 2.24. The van der Waals surface area contributed by atoms with Gasteiger partial charge in [0.2, 0.25) is 0 Å². The van der Waals surface area contributed by atoms with E-state index in [0.29, 0.717) is 16.3 Å². The molecule has 0 saturated heterocycles. The number of aromatic nitrogens is 3. The lowest BCUT2D eigenvalue weighted by molar-refractivity contribution is 0.0939. The Hall–Kier alpha value is -2.40. The lowest BCUT2D eigenvalue weighted by Gasteiger charge is -2.16. The first-order chi connectivity index (χ1) is 11.9. The number of benzene rings is 1. The number of carbonyl (C=O) groups is 1. The van der Waals surface area contributed by atoms with Gasteiger partial charge < -0.3 is 5.32 Å². The van der Waals surface area contributed by atoms with E-state index < -0.39 is 0 Å². The zero-order valence-electron chi connectivity index (χ0n) is 14.7. The molecular weight excluding hydrogens is 336 g/mol. The molecule has 6 heteroatoms. The minimum absolute atomic E-state index is 0.170. The van der Waals surface area contributed by atoms with Crippen LogP contribution in [-0.4, -0.2) is 20.7 Å². The van der Waals surface area contributed by atoms with Crippen molar-refractivity contribution in [1.82, 2.24) is 20.1 Å². The van der Waals surface area contributed by atoms with Crippen molar-refractivity contribution >= 4 is 28.5 Å². The highest BCUT2D eigenvalue weighted by molar-refractivity contribution is 6.31. The Morgan fingerprint density at radius 2 is 1.96 bits per heavy atom. The van der Waals surface area contributed by atoms with E-state index in [1.54, 1.807) is 6.20 Å². The first-order valence-electron chi connectivity index (χ1n) is 8.28. The fourth-order valence-corrected chi connectivity index (χ4v) is 3.15. The van der Waals surface area contributed by atoms with Gasteiger partial charge in [0, 0.05) is 16.5 Å². The third-order valence-electron chi connectivity index (χ3n) is 4.21. The molecule has 2 heterocycles. The number of rotatable bonds is 4. The lowest BCUT2D eigenvalue weighted by Crippen LogP contribution is -2.27. The molecule has 5 nitrogen and oxygen atoms in total. The van der Waals surface area contributed by atoms with Crippen LogP contribution in [0.1, 0.15) is 54.5 Å². The van der Waals surface area contributed by atoms with Crippen LogP contribution in [0.4, 0.5) is 0 Å². The molecule has 1 unspecified atom stereocenters. The number of hydrogen-bond acceptors (Lipinski definition) is 3. The molecule has 0 saturated carbocycles. The van der Waals surface area contributed by atoms with Gasteiger partial charge in [0.1, 0.15) is 0 Å². The fourth-order valence-electron chi connectivity index (χ4n) is 2.85. The fraction of sp³-hybridized carbons (Fsp3) is 0.316. The number of hydrogen-bond donors (Lipinski definition) is 1. The van der Waals surface area contributed by atoms with Gasteiger partial charge in [0.15, 0.2) is 5.65 Å². The van der Waals surface area contributed by atoms with Crippen molar-refractivity contribution in [1.29, 1.82) is 0 Å². The van der Waals surface area contributed by atoms with Crippen LogP contribution in [0.5, 0.6) is 0 Å². The van der Waals surface area contributed by atoms with Gasteiger partial charge in [-0.2, -0.15) is 5.10 Å². The summed E-state index contributed by atoms with van der Waals surface area (Å²) >= 11 is 6.22. The summed E-state index contributed by atoms with van der Waals surface area (Å²) < 4.78 is 1.86. The van der Waals surface area contributed by atoms with Gasteiger partial charge in [-0.25, -0.2) is 9.67 Å². The average molecular weight is 357 g/mol. The van der Waals surface area contributed by atoms with E-state index in [-0.39, 0.29) is 18.0 Å². The van der Waals surface area contributed by atoms with Crippen molar-refractivity contribution in [2.75, 3.05) is 0 Å². The average Bonchev–Trinajstić information content (AvgIpc) is 2.97. The monoisotopic (exact) mass is 356 g/mol. The molecule has 0 spiro atoms. The molecule has 0 radical (unpaired) electrons. The van der Waals surface area contributed by atoms with Crippen molar-refractivity contribution in [3.05, 3.63) is 58.4 Å². The van der Waals surface area contributed by atoms with Crippen molar-refractivity contribution in [2.45, 2.75) is 39.8 Å². The van der Waals surface area contributed by atoms with Crippen LogP contribution >= 0.6 is 11.6 Å². The number of carbonyl (C=O) groups excluding carboxylic acids is 1. The first kappa shape index (κ1) is 17.4. The van der Waals surface area contributed by atoms with Crippen molar-refractivity contribution < 1.29 is 4.79 Å². The number of fused-ring (bicyclic) bond motifs is 1. The van der Waals surface area contributed by atoms with Crippen LogP contribution in [0.2, 0.25) is 5.02 Å². The van der Waals surface area contributed by atoms with Gasteiger partial charge in [0.05, 0.1) is 23.5 Å². The molecule has 3 rings (SSSR count). The molecule has 0 fully saturated rings.